The second kappa shape index (κ2) is 5.70. The lowest BCUT2D eigenvalue weighted by atomic mass is 10.3. The number of rotatable bonds is 1. The number of hydrogen-bond donors (Lipinski definition) is 2. The summed E-state index contributed by atoms with van der Waals surface area (Å²) in [4.78, 5) is 11.6. The Morgan fingerprint density at radius 2 is 1.67 bits per heavy atom. The standard InChI is InChI=1S/C6H5NO2.H2N3/c8-7(9)6-4-2-1-3-5-6;1-3-2/h1-5H;1-2H/q;+1. The van der Waals surface area contributed by atoms with Crippen LogP contribution in [0.4, 0.5) is 5.69 Å². The first kappa shape index (κ1) is 9.93. The Kier molecular flexibility index (Phi) is 4.71. The van der Waals surface area contributed by atoms with Gasteiger partial charge in [-0.1, -0.05) is 18.2 Å². The second-order valence-corrected chi connectivity index (χ2v) is 1.70. The maximum absolute atomic E-state index is 10.0. The van der Waals surface area contributed by atoms with Crippen molar-refractivity contribution in [2.24, 2.45) is 0 Å². The van der Waals surface area contributed by atoms with E-state index in [1.165, 1.54) is 12.1 Å². The molecule has 0 unspecified atom stereocenters. The van der Waals surface area contributed by atoms with Gasteiger partial charge in [-0.3, -0.25) is 10.1 Å². The van der Waals surface area contributed by atoms with Gasteiger partial charge < -0.3 is 0 Å². The highest BCUT2D eigenvalue weighted by Gasteiger charge is 1.98. The van der Waals surface area contributed by atoms with Gasteiger partial charge in [0.15, 0.2) is 0 Å². The third-order valence-electron chi connectivity index (χ3n) is 0.967. The number of hydrogen-bond acceptors (Lipinski definition) is 4. The van der Waals surface area contributed by atoms with E-state index in [4.69, 9.17) is 11.1 Å². The second-order valence-electron chi connectivity index (χ2n) is 1.70. The van der Waals surface area contributed by atoms with Crippen LogP contribution in [0.15, 0.2) is 30.3 Å². The third-order valence-corrected chi connectivity index (χ3v) is 0.967. The summed E-state index contributed by atoms with van der Waals surface area (Å²) in [5.74, 6) is 0. The highest BCUT2D eigenvalue weighted by Crippen LogP contribution is 2.06. The van der Waals surface area contributed by atoms with E-state index in [9.17, 15) is 10.1 Å². The van der Waals surface area contributed by atoms with Gasteiger partial charge in [0.2, 0.25) is 4.91 Å². The number of para-hydroxylation sites is 1. The minimum atomic E-state index is -0.417. The van der Waals surface area contributed by atoms with E-state index in [0.717, 1.165) is 0 Å². The summed E-state index contributed by atoms with van der Waals surface area (Å²) in [5, 5.41) is 10.0. The summed E-state index contributed by atoms with van der Waals surface area (Å²) in [6.45, 7) is 0. The van der Waals surface area contributed by atoms with Crippen molar-refractivity contribution in [3.8, 4) is 0 Å². The lowest BCUT2D eigenvalue weighted by molar-refractivity contribution is -0.384. The van der Waals surface area contributed by atoms with E-state index in [0.29, 0.717) is 0 Å². The zero-order valence-corrected chi connectivity index (χ0v) is 6.10. The predicted molar refractivity (Wildman–Crippen MR) is 40.7 cm³/mol. The molecule has 2 N–H and O–H groups in total. The molecule has 0 fully saturated rings. The molecule has 0 saturated carbocycles. The maximum Gasteiger partial charge on any atom is 0.269 e. The van der Waals surface area contributed by atoms with Gasteiger partial charge in [-0.2, -0.15) is 0 Å². The molecule has 6 heteroatoms. The number of nitro benzene ring substituents is 1. The minimum absolute atomic E-state index is 0.137. The molecule has 0 bridgehead atoms. The molecule has 62 valence electrons. The molecular weight excluding hydrogens is 160 g/mol. The van der Waals surface area contributed by atoms with Crippen molar-refractivity contribution in [2.75, 3.05) is 0 Å². The fraction of sp³-hybridized carbons (Fsp3) is 0. The van der Waals surface area contributed by atoms with Crippen LogP contribution < -0.4 is 4.91 Å². The summed E-state index contributed by atoms with van der Waals surface area (Å²) >= 11 is 0. The molecule has 0 amide bonds. The van der Waals surface area contributed by atoms with Crippen LogP contribution in [-0.2, 0) is 0 Å². The number of benzene rings is 1. The molecule has 0 aliphatic rings. The molecule has 0 heterocycles. The summed E-state index contributed by atoms with van der Waals surface area (Å²) in [6.07, 6.45) is 0. The van der Waals surface area contributed by atoms with Crippen LogP contribution in [-0.4, -0.2) is 4.92 Å². The van der Waals surface area contributed by atoms with E-state index >= 15 is 0 Å². The third kappa shape index (κ3) is 3.86. The quantitative estimate of drug-likeness (QED) is 0.287. The molecule has 0 aliphatic heterocycles. The van der Waals surface area contributed by atoms with Crippen LogP contribution in [0.25, 0.3) is 0 Å². The van der Waals surface area contributed by atoms with Crippen LogP contribution >= 0.6 is 0 Å². The first-order valence-electron chi connectivity index (χ1n) is 2.95. The highest BCUT2D eigenvalue weighted by molar-refractivity contribution is 5.27. The van der Waals surface area contributed by atoms with E-state index in [2.05, 4.69) is 0 Å². The Morgan fingerprint density at radius 3 is 1.92 bits per heavy atom. The molecule has 1 aromatic carbocycles. The van der Waals surface area contributed by atoms with E-state index < -0.39 is 4.92 Å². The van der Waals surface area contributed by atoms with E-state index in [1.54, 1.807) is 18.2 Å². The summed E-state index contributed by atoms with van der Waals surface area (Å²) in [7, 11) is 0. The molecule has 0 radical (unpaired) electrons. The molecule has 1 rings (SSSR count). The molecule has 0 aromatic heterocycles. The molecule has 12 heavy (non-hydrogen) atoms. The monoisotopic (exact) mass is 167 g/mol. The average molecular weight is 167 g/mol. The first-order valence-corrected chi connectivity index (χ1v) is 2.95. The van der Waals surface area contributed by atoms with Gasteiger partial charge in [-0.25, -0.2) is 0 Å². The predicted octanol–water partition coefficient (Wildman–Crippen LogP) is 1.71. The molecule has 0 spiro atoms. The van der Waals surface area contributed by atoms with Gasteiger partial charge in [0.1, 0.15) is 11.1 Å². The molecule has 0 saturated heterocycles. The van der Waals surface area contributed by atoms with Crippen LogP contribution in [0, 0.1) is 21.2 Å². The summed E-state index contributed by atoms with van der Waals surface area (Å²) in [6, 6.07) is 7.93. The number of nitro groups is 1. The van der Waals surface area contributed by atoms with Crippen LogP contribution in [0.2, 0.25) is 0 Å². The molecule has 1 aromatic rings. The van der Waals surface area contributed by atoms with Gasteiger partial charge >= 0.3 is 0 Å². The largest absolute Gasteiger partial charge is 0.269 e. The van der Waals surface area contributed by atoms with Crippen LogP contribution in [0.5, 0.6) is 0 Å². The lowest BCUT2D eigenvalue weighted by Gasteiger charge is -1.85. The number of non-ortho nitro benzene ring substituents is 1. The van der Waals surface area contributed by atoms with Crippen molar-refractivity contribution in [3.63, 3.8) is 0 Å². The zero-order chi connectivity index (χ0) is 9.40. The van der Waals surface area contributed by atoms with E-state index in [-0.39, 0.29) is 5.69 Å². The van der Waals surface area contributed by atoms with Crippen molar-refractivity contribution in [3.05, 3.63) is 40.4 Å². The Hall–Kier alpha value is -2.07. The topological polar surface area (TPSA) is 105 Å². The van der Waals surface area contributed by atoms with Crippen molar-refractivity contribution >= 4 is 5.69 Å². The smallest absolute Gasteiger partial charge is 0.258 e. The van der Waals surface area contributed by atoms with Crippen LogP contribution in [0.1, 0.15) is 0 Å². The Morgan fingerprint density at radius 1 is 1.25 bits per heavy atom. The highest BCUT2D eigenvalue weighted by atomic mass is 16.6. The van der Waals surface area contributed by atoms with Crippen LogP contribution in [0.3, 0.4) is 0 Å². The van der Waals surface area contributed by atoms with Gasteiger partial charge in [0.25, 0.3) is 5.69 Å². The number of nitrogens with one attached hydrogen (secondary N) is 2. The van der Waals surface area contributed by atoms with Gasteiger partial charge in [-0.15, -0.1) is 0 Å². The summed E-state index contributed by atoms with van der Waals surface area (Å²) in [5.41, 5.74) is 11.1. The molecule has 6 nitrogen and oxygen atoms in total. The van der Waals surface area contributed by atoms with Gasteiger partial charge in [-0.05, 0) is 0 Å². The van der Waals surface area contributed by atoms with Crippen molar-refractivity contribution in [1.29, 1.82) is 11.1 Å². The van der Waals surface area contributed by atoms with Gasteiger partial charge in [0, 0.05) is 12.1 Å². The normalized spacial score (nSPS) is 7.33. The number of nitrogens with zero attached hydrogens (tertiary/aromatic N) is 2. The lowest BCUT2D eigenvalue weighted by Crippen LogP contribution is -1.84. The Bertz CT molecular complexity index is 279. The molecular formula is C6H7N4O2+. The Balaban J connectivity index is 0.000000354. The molecule has 0 atom stereocenters. The SMILES string of the molecule is N=[N+]=N.O=[N+]([O-])c1ccccc1. The first-order chi connectivity index (χ1) is 5.72. The Labute approximate surface area is 68.0 Å². The fourth-order valence-electron chi connectivity index (χ4n) is 0.550. The van der Waals surface area contributed by atoms with E-state index in [1.807, 2.05) is 4.91 Å². The van der Waals surface area contributed by atoms with Crippen molar-refractivity contribution < 1.29 is 4.92 Å². The summed E-state index contributed by atoms with van der Waals surface area (Å²) < 4.78 is 0. The van der Waals surface area contributed by atoms with Crippen molar-refractivity contribution in [1.82, 2.24) is 4.91 Å². The minimum Gasteiger partial charge on any atom is -0.258 e. The zero-order valence-electron chi connectivity index (χ0n) is 6.10. The maximum atomic E-state index is 10.0. The fourth-order valence-corrected chi connectivity index (χ4v) is 0.550. The van der Waals surface area contributed by atoms with Crippen molar-refractivity contribution in [2.45, 2.75) is 0 Å². The average Bonchev–Trinajstić information content (AvgIpc) is 2.07. The molecule has 0 aliphatic carbocycles. The van der Waals surface area contributed by atoms with Gasteiger partial charge in [0.05, 0.1) is 4.92 Å².